The van der Waals surface area contributed by atoms with Gasteiger partial charge in [0, 0.05) is 6.42 Å². The summed E-state index contributed by atoms with van der Waals surface area (Å²) in [5.74, 6) is 0.729. The summed E-state index contributed by atoms with van der Waals surface area (Å²) in [5, 5.41) is 16.1. The molecular formula is C15H21ClN2O2. The van der Waals surface area contributed by atoms with E-state index in [1.54, 1.807) is 0 Å². The highest BCUT2D eigenvalue weighted by molar-refractivity contribution is 5.85. The summed E-state index contributed by atoms with van der Waals surface area (Å²) in [5.41, 5.74) is 2.18. The Morgan fingerprint density at radius 2 is 2.05 bits per heavy atom. The van der Waals surface area contributed by atoms with Crippen LogP contribution in [-0.4, -0.2) is 30.2 Å². The van der Waals surface area contributed by atoms with Gasteiger partial charge in [-0.2, -0.15) is 0 Å². The maximum absolute atomic E-state index is 11.9. The molecule has 0 radical (unpaired) electrons. The first-order chi connectivity index (χ1) is 9.24. The molecule has 0 unspecified atom stereocenters. The fourth-order valence-electron chi connectivity index (χ4n) is 2.68. The number of aliphatic hydroxyl groups excluding tert-OH is 1. The van der Waals surface area contributed by atoms with Gasteiger partial charge in [0.25, 0.3) is 0 Å². The third-order valence-electron chi connectivity index (χ3n) is 3.94. The molecule has 0 aromatic heterocycles. The molecule has 3 N–H and O–H groups in total. The molecule has 0 spiro atoms. The van der Waals surface area contributed by atoms with Crippen molar-refractivity contribution >= 4 is 18.3 Å². The molecule has 4 nitrogen and oxygen atoms in total. The number of halogens is 1. The number of carbonyl (C=O) groups is 1. The predicted molar refractivity (Wildman–Crippen MR) is 79.9 cm³/mol. The predicted octanol–water partition coefficient (Wildman–Crippen LogP) is 1.18. The van der Waals surface area contributed by atoms with Crippen molar-refractivity contribution in [2.75, 3.05) is 13.1 Å². The third kappa shape index (κ3) is 3.51. The smallest absolute Gasteiger partial charge is 0.234 e. The molecule has 5 heteroatoms. The van der Waals surface area contributed by atoms with Gasteiger partial charge in [-0.15, -0.1) is 12.4 Å². The van der Waals surface area contributed by atoms with Gasteiger partial charge < -0.3 is 15.7 Å². The summed E-state index contributed by atoms with van der Waals surface area (Å²) >= 11 is 0. The number of aliphatic hydroxyl groups is 1. The lowest BCUT2D eigenvalue weighted by Gasteiger charge is -2.18. The van der Waals surface area contributed by atoms with E-state index in [1.807, 2.05) is 24.3 Å². The van der Waals surface area contributed by atoms with E-state index in [0.717, 1.165) is 23.6 Å². The van der Waals surface area contributed by atoms with Gasteiger partial charge in [0.15, 0.2) is 0 Å². The Bertz CT molecular complexity index is 477. The Morgan fingerprint density at radius 1 is 1.30 bits per heavy atom. The molecule has 3 rings (SSSR count). The molecule has 0 heterocycles. The Labute approximate surface area is 125 Å². The zero-order valence-electron chi connectivity index (χ0n) is 11.3. The molecule has 1 fully saturated rings. The minimum atomic E-state index is -0.509. The van der Waals surface area contributed by atoms with Crippen LogP contribution in [0.2, 0.25) is 0 Å². The topological polar surface area (TPSA) is 61.4 Å². The molecule has 0 saturated heterocycles. The van der Waals surface area contributed by atoms with Crippen LogP contribution in [0, 0.1) is 5.92 Å². The summed E-state index contributed by atoms with van der Waals surface area (Å²) in [6, 6.07) is 7.64. The monoisotopic (exact) mass is 296 g/mol. The number of nitrogens with one attached hydrogen (secondary N) is 2. The molecule has 2 aliphatic rings. The van der Waals surface area contributed by atoms with Gasteiger partial charge in [0.2, 0.25) is 5.91 Å². The average molecular weight is 297 g/mol. The van der Waals surface area contributed by atoms with Gasteiger partial charge in [-0.05, 0) is 36.4 Å². The van der Waals surface area contributed by atoms with Crippen LogP contribution in [-0.2, 0) is 11.2 Å². The van der Waals surface area contributed by atoms with Crippen molar-refractivity contribution in [1.82, 2.24) is 10.6 Å². The van der Waals surface area contributed by atoms with Gasteiger partial charge in [-0.25, -0.2) is 0 Å². The van der Waals surface area contributed by atoms with Gasteiger partial charge in [0.1, 0.15) is 0 Å². The lowest BCUT2D eigenvalue weighted by atomic mass is 10.1. The molecule has 20 heavy (non-hydrogen) atoms. The number of amides is 1. The second-order valence-corrected chi connectivity index (χ2v) is 5.59. The molecule has 0 bridgehead atoms. The van der Waals surface area contributed by atoms with Crippen molar-refractivity contribution < 1.29 is 9.90 Å². The highest BCUT2D eigenvalue weighted by Crippen LogP contribution is 2.31. The fraction of sp³-hybridized carbons (Fsp3) is 0.533. The Hall–Kier alpha value is -1.10. The maximum atomic E-state index is 11.9. The van der Waals surface area contributed by atoms with Crippen LogP contribution in [0.3, 0.4) is 0 Å². The molecule has 2 aliphatic carbocycles. The third-order valence-corrected chi connectivity index (χ3v) is 3.94. The fourth-order valence-corrected chi connectivity index (χ4v) is 2.68. The minimum Gasteiger partial charge on any atom is -0.390 e. The van der Waals surface area contributed by atoms with E-state index < -0.39 is 6.10 Å². The zero-order valence-corrected chi connectivity index (χ0v) is 12.2. The normalized spacial score (nSPS) is 23.9. The molecule has 2 atom stereocenters. The van der Waals surface area contributed by atoms with E-state index in [9.17, 15) is 9.90 Å². The molecule has 1 amide bonds. The van der Waals surface area contributed by atoms with Crippen molar-refractivity contribution in [3.05, 3.63) is 35.4 Å². The summed E-state index contributed by atoms with van der Waals surface area (Å²) in [7, 11) is 0. The molecular weight excluding hydrogens is 276 g/mol. The quantitative estimate of drug-likeness (QED) is 0.765. The largest absolute Gasteiger partial charge is 0.390 e. The maximum Gasteiger partial charge on any atom is 0.234 e. The second-order valence-electron chi connectivity index (χ2n) is 5.59. The SMILES string of the molecule is Cl.O=C(CNCC1CC1)N[C@H]1c2ccccc2C[C@H]1O. The van der Waals surface area contributed by atoms with Crippen molar-refractivity contribution in [3.63, 3.8) is 0 Å². The summed E-state index contributed by atoms with van der Waals surface area (Å²) in [4.78, 5) is 11.9. The number of hydrogen-bond acceptors (Lipinski definition) is 3. The van der Waals surface area contributed by atoms with E-state index in [0.29, 0.717) is 13.0 Å². The number of fused-ring (bicyclic) bond motifs is 1. The van der Waals surface area contributed by atoms with Crippen LogP contribution in [0.5, 0.6) is 0 Å². The first-order valence-electron chi connectivity index (χ1n) is 7.00. The van der Waals surface area contributed by atoms with E-state index >= 15 is 0 Å². The van der Waals surface area contributed by atoms with Crippen molar-refractivity contribution in [2.24, 2.45) is 5.92 Å². The number of hydrogen-bond donors (Lipinski definition) is 3. The van der Waals surface area contributed by atoms with Crippen LogP contribution < -0.4 is 10.6 Å². The molecule has 1 aromatic rings. The van der Waals surface area contributed by atoms with E-state index in [4.69, 9.17) is 0 Å². The zero-order chi connectivity index (χ0) is 13.2. The Balaban J connectivity index is 0.00000147. The average Bonchev–Trinajstić information content (AvgIpc) is 3.16. The van der Waals surface area contributed by atoms with Crippen LogP contribution in [0.15, 0.2) is 24.3 Å². The highest BCUT2D eigenvalue weighted by Gasteiger charge is 2.31. The van der Waals surface area contributed by atoms with Crippen LogP contribution in [0.1, 0.15) is 30.0 Å². The van der Waals surface area contributed by atoms with Crippen LogP contribution >= 0.6 is 12.4 Å². The van der Waals surface area contributed by atoms with Gasteiger partial charge in [0.05, 0.1) is 18.7 Å². The van der Waals surface area contributed by atoms with E-state index in [2.05, 4.69) is 10.6 Å². The Morgan fingerprint density at radius 3 is 2.80 bits per heavy atom. The summed E-state index contributed by atoms with van der Waals surface area (Å²) in [6.45, 7) is 1.26. The van der Waals surface area contributed by atoms with Gasteiger partial charge in [-0.3, -0.25) is 4.79 Å². The first kappa shape index (κ1) is 15.3. The van der Waals surface area contributed by atoms with Gasteiger partial charge in [-0.1, -0.05) is 24.3 Å². The lowest BCUT2D eigenvalue weighted by Crippen LogP contribution is -2.39. The molecule has 110 valence electrons. The highest BCUT2D eigenvalue weighted by atomic mass is 35.5. The van der Waals surface area contributed by atoms with Gasteiger partial charge >= 0.3 is 0 Å². The summed E-state index contributed by atoms with van der Waals surface area (Å²) < 4.78 is 0. The number of carbonyl (C=O) groups excluding carboxylic acids is 1. The van der Waals surface area contributed by atoms with E-state index in [1.165, 1.54) is 12.8 Å². The minimum absolute atomic E-state index is 0. The Kier molecular flexibility index (Phi) is 5.02. The van der Waals surface area contributed by atoms with Crippen molar-refractivity contribution in [2.45, 2.75) is 31.4 Å². The first-order valence-corrected chi connectivity index (χ1v) is 7.00. The lowest BCUT2D eigenvalue weighted by molar-refractivity contribution is -0.121. The second kappa shape index (κ2) is 6.57. The molecule has 1 aromatic carbocycles. The number of rotatable bonds is 5. The molecule has 1 saturated carbocycles. The van der Waals surface area contributed by atoms with Crippen LogP contribution in [0.4, 0.5) is 0 Å². The van der Waals surface area contributed by atoms with Crippen molar-refractivity contribution in [3.8, 4) is 0 Å². The van der Waals surface area contributed by atoms with E-state index in [-0.39, 0.29) is 24.4 Å². The summed E-state index contributed by atoms with van der Waals surface area (Å²) in [6.07, 6.45) is 2.67. The molecule has 0 aliphatic heterocycles. The van der Waals surface area contributed by atoms with Crippen LogP contribution in [0.25, 0.3) is 0 Å². The number of benzene rings is 1. The standard InChI is InChI=1S/C15H20N2O2.ClH/c18-13-7-11-3-1-2-4-12(11)15(13)17-14(19)9-16-8-10-5-6-10;/h1-4,10,13,15-16,18H,5-9H2,(H,17,19);1H/t13-,15+;/m1./s1. The van der Waals surface area contributed by atoms with Crippen molar-refractivity contribution in [1.29, 1.82) is 0 Å².